The highest BCUT2D eigenvalue weighted by atomic mass is 19.4. The molecule has 0 amide bonds. The second-order valence-corrected chi connectivity index (χ2v) is 7.19. The second kappa shape index (κ2) is 8.84. The van der Waals surface area contributed by atoms with E-state index < -0.39 is 11.7 Å². The summed E-state index contributed by atoms with van der Waals surface area (Å²) in [6.07, 6.45) is 0.639. The van der Waals surface area contributed by atoms with Gasteiger partial charge in [0.25, 0.3) is 0 Å². The third-order valence-corrected chi connectivity index (χ3v) is 4.70. The minimum absolute atomic E-state index is 0.324. The summed E-state index contributed by atoms with van der Waals surface area (Å²) in [6, 6.07) is 5.09. The number of aromatic nitrogens is 3. The van der Waals surface area contributed by atoms with Crippen LogP contribution in [-0.2, 0) is 10.9 Å². The summed E-state index contributed by atoms with van der Waals surface area (Å²) in [5, 5.41) is 3.09. The van der Waals surface area contributed by atoms with Gasteiger partial charge in [-0.05, 0) is 42.3 Å². The number of nitrogens with zero attached hydrogens (tertiary/aromatic N) is 5. The van der Waals surface area contributed by atoms with E-state index in [0.29, 0.717) is 62.0 Å². The molecule has 1 fully saturated rings. The first-order valence-electron chi connectivity index (χ1n) is 9.79. The Balaban J connectivity index is 1.62. The maximum atomic E-state index is 13.0. The lowest BCUT2D eigenvalue weighted by Crippen LogP contribution is -2.37. The Morgan fingerprint density at radius 3 is 2.61 bits per heavy atom. The molecular formula is C21H21F3N6O. The average molecular weight is 430 g/mol. The molecule has 2 aromatic rings. The smallest absolute Gasteiger partial charge is 0.378 e. The number of aliphatic imine (C=N–C) groups is 1. The lowest BCUT2D eigenvalue weighted by molar-refractivity contribution is -0.137. The van der Waals surface area contributed by atoms with Crippen molar-refractivity contribution in [2.24, 2.45) is 4.99 Å². The van der Waals surface area contributed by atoms with Crippen LogP contribution >= 0.6 is 0 Å². The van der Waals surface area contributed by atoms with Crippen LogP contribution in [0.15, 0.2) is 40.9 Å². The van der Waals surface area contributed by atoms with Crippen molar-refractivity contribution in [3.8, 4) is 0 Å². The molecule has 0 saturated carbocycles. The van der Waals surface area contributed by atoms with Gasteiger partial charge in [0.2, 0.25) is 11.9 Å². The Morgan fingerprint density at radius 2 is 1.90 bits per heavy atom. The van der Waals surface area contributed by atoms with Gasteiger partial charge in [-0.3, -0.25) is 4.99 Å². The quantitative estimate of drug-likeness (QED) is 0.798. The van der Waals surface area contributed by atoms with Gasteiger partial charge in [0, 0.05) is 13.1 Å². The maximum Gasteiger partial charge on any atom is 0.416 e. The van der Waals surface area contributed by atoms with Crippen molar-refractivity contribution >= 4 is 29.9 Å². The highest BCUT2D eigenvalue weighted by Gasteiger charge is 2.30. The summed E-state index contributed by atoms with van der Waals surface area (Å²) in [5.74, 6) is 1.79. The van der Waals surface area contributed by atoms with Crippen molar-refractivity contribution in [3.05, 3.63) is 52.9 Å². The molecule has 31 heavy (non-hydrogen) atoms. The number of ether oxygens (including phenoxy) is 1. The number of benzene rings is 1. The summed E-state index contributed by atoms with van der Waals surface area (Å²) >= 11 is 0. The summed E-state index contributed by atoms with van der Waals surface area (Å²) < 4.78 is 44.3. The Bertz CT molecular complexity index is 1040. The molecule has 0 radical (unpaired) electrons. The summed E-state index contributed by atoms with van der Waals surface area (Å²) in [4.78, 5) is 19.7. The normalized spacial score (nSPS) is 17.1. The van der Waals surface area contributed by atoms with Crippen LogP contribution in [0, 0.1) is 0 Å². The van der Waals surface area contributed by atoms with Gasteiger partial charge >= 0.3 is 6.18 Å². The van der Waals surface area contributed by atoms with E-state index in [-0.39, 0.29) is 0 Å². The highest BCUT2D eigenvalue weighted by molar-refractivity contribution is 6.04. The number of hydrogen-bond acceptors (Lipinski definition) is 7. The first kappa shape index (κ1) is 21.0. The largest absolute Gasteiger partial charge is 0.416 e. The number of anilines is 2. The van der Waals surface area contributed by atoms with Crippen molar-refractivity contribution in [1.29, 1.82) is 0 Å². The molecule has 1 aromatic heterocycles. The van der Waals surface area contributed by atoms with E-state index in [1.807, 2.05) is 17.9 Å². The Morgan fingerprint density at radius 1 is 1.10 bits per heavy atom. The first-order valence-corrected chi connectivity index (χ1v) is 9.79. The van der Waals surface area contributed by atoms with Crippen LogP contribution in [0.3, 0.4) is 0 Å². The molecule has 3 heterocycles. The van der Waals surface area contributed by atoms with Crippen molar-refractivity contribution in [3.63, 3.8) is 0 Å². The van der Waals surface area contributed by atoms with E-state index in [1.54, 1.807) is 18.2 Å². The first-order chi connectivity index (χ1) is 14.9. The molecule has 0 aliphatic carbocycles. The molecule has 1 N–H and O–H groups in total. The van der Waals surface area contributed by atoms with E-state index in [0.717, 1.165) is 17.7 Å². The van der Waals surface area contributed by atoms with Gasteiger partial charge < -0.3 is 15.0 Å². The van der Waals surface area contributed by atoms with Crippen LogP contribution in [-0.4, -0.2) is 53.6 Å². The average Bonchev–Trinajstić information content (AvgIpc) is 3.17. The summed E-state index contributed by atoms with van der Waals surface area (Å²) in [6.45, 7) is 5.01. The Hall–Kier alpha value is -3.27. The van der Waals surface area contributed by atoms with E-state index in [4.69, 9.17) is 4.74 Å². The minimum Gasteiger partial charge on any atom is -0.378 e. The van der Waals surface area contributed by atoms with E-state index in [2.05, 4.69) is 25.3 Å². The number of nitrogens with one attached hydrogen (secondary N) is 1. The maximum absolute atomic E-state index is 13.0. The molecule has 4 rings (SSSR count). The van der Waals surface area contributed by atoms with Gasteiger partial charge in [0.15, 0.2) is 5.82 Å². The van der Waals surface area contributed by atoms with Gasteiger partial charge in [0.1, 0.15) is 5.84 Å². The number of alkyl halides is 3. The van der Waals surface area contributed by atoms with Gasteiger partial charge in [-0.2, -0.15) is 28.1 Å². The highest BCUT2D eigenvalue weighted by Crippen LogP contribution is 2.29. The standard InChI is InChI=1S/C21H21F3N6O/c1-14-11-18(25-13-14)27-19-26-17(28-20(29-19)30-7-9-31-10-8-30)6-5-15-3-2-4-16(12-15)21(22,23)24/h2-6,11-12H,7-10,13H2,1H3,(H,25,26,27,28,29)/b6-5+. The predicted molar refractivity (Wildman–Crippen MR) is 113 cm³/mol. The number of hydrogen-bond donors (Lipinski definition) is 1. The third kappa shape index (κ3) is 5.46. The van der Waals surface area contributed by atoms with Crippen LogP contribution in [0.1, 0.15) is 23.9 Å². The number of halogens is 3. The second-order valence-electron chi connectivity index (χ2n) is 7.19. The topological polar surface area (TPSA) is 75.5 Å². The van der Waals surface area contributed by atoms with Gasteiger partial charge in [-0.25, -0.2) is 0 Å². The molecular weight excluding hydrogens is 409 g/mol. The molecule has 7 nitrogen and oxygen atoms in total. The molecule has 1 aromatic carbocycles. The predicted octanol–water partition coefficient (Wildman–Crippen LogP) is 3.67. The molecule has 0 atom stereocenters. The SMILES string of the molecule is CC1=CC(Nc2nc(/C=C/c3cccc(C(F)(F)F)c3)nc(N3CCOCC3)n2)=NC1. The Labute approximate surface area is 177 Å². The van der Waals surface area contributed by atoms with E-state index in [9.17, 15) is 13.2 Å². The van der Waals surface area contributed by atoms with Crippen LogP contribution in [0.5, 0.6) is 0 Å². The van der Waals surface area contributed by atoms with E-state index in [1.165, 1.54) is 6.07 Å². The van der Waals surface area contributed by atoms with Gasteiger partial charge in [0.05, 0.1) is 25.3 Å². The van der Waals surface area contributed by atoms with Gasteiger partial charge in [-0.15, -0.1) is 0 Å². The molecule has 0 unspecified atom stereocenters. The zero-order chi connectivity index (χ0) is 21.8. The van der Waals surface area contributed by atoms with Crippen molar-refractivity contribution in [1.82, 2.24) is 15.0 Å². The van der Waals surface area contributed by atoms with E-state index >= 15 is 0 Å². The molecule has 1 saturated heterocycles. The Kier molecular flexibility index (Phi) is 5.99. The molecule has 162 valence electrons. The molecule has 2 aliphatic rings. The summed E-state index contributed by atoms with van der Waals surface area (Å²) in [5.41, 5.74) is 0.814. The third-order valence-electron chi connectivity index (χ3n) is 4.70. The molecule has 0 spiro atoms. The van der Waals surface area contributed by atoms with Crippen molar-refractivity contribution < 1.29 is 17.9 Å². The number of amidine groups is 1. The minimum atomic E-state index is -4.40. The fourth-order valence-electron chi connectivity index (χ4n) is 3.13. The lowest BCUT2D eigenvalue weighted by Gasteiger charge is -2.27. The number of morpholine rings is 1. The van der Waals surface area contributed by atoms with Crippen LogP contribution in [0.4, 0.5) is 25.1 Å². The fourth-order valence-corrected chi connectivity index (χ4v) is 3.13. The monoisotopic (exact) mass is 430 g/mol. The van der Waals surface area contributed by atoms with Crippen molar-refractivity contribution in [2.75, 3.05) is 43.1 Å². The zero-order valence-electron chi connectivity index (χ0n) is 16.9. The fraction of sp³-hybridized carbons (Fsp3) is 0.333. The lowest BCUT2D eigenvalue weighted by atomic mass is 10.1. The zero-order valence-corrected chi connectivity index (χ0v) is 16.9. The molecule has 2 aliphatic heterocycles. The van der Waals surface area contributed by atoms with Gasteiger partial charge in [-0.1, -0.05) is 18.2 Å². The van der Waals surface area contributed by atoms with Crippen molar-refractivity contribution in [2.45, 2.75) is 13.1 Å². The van der Waals surface area contributed by atoms with Crippen LogP contribution in [0.25, 0.3) is 12.2 Å². The summed E-state index contributed by atoms with van der Waals surface area (Å²) in [7, 11) is 0. The molecule has 10 heteroatoms. The number of rotatable bonds is 4. The van der Waals surface area contributed by atoms with Crippen LogP contribution in [0.2, 0.25) is 0 Å². The molecule has 0 bridgehead atoms. The van der Waals surface area contributed by atoms with Crippen LogP contribution < -0.4 is 10.2 Å².